The van der Waals surface area contributed by atoms with Gasteiger partial charge in [-0.05, 0) is 12.8 Å². The molecular formula is C11H20N2O4. The highest BCUT2D eigenvalue weighted by molar-refractivity contribution is 5.84. The van der Waals surface area contributed by atoms with Crippen molar-refractivity contribution in [3.63, 3.8) is 0 Å². The lowest BCUT2D eigenvalue weighted by Crippen LogP contribution is -2.50. The van der Waals surface area contributed by atoms with Gasteiger partial charge >= 0.3 is 5.97 Å². The number of hydrogen-bond acceptors (Lipinski definition) is 4. The number of carboxylic acids is 1. The van der Waals surface area contributed by atoms with Crippen LogP contribution in [0.3, 0.4) is 0 Å². The van der Waals surface area contributed by atoms with Crippen LogP contribution in [0.15, 0.2) is 0 Å². The van der Waals surface area contributed by atoms with Gasteiger partial charge in [-0.15, -0.1) is 0 Å². The average molecular weight is 244 g/mol. The first kappa shape index (κ1) is 13.9. The van der Waals surface area contributed by atoms with E-state index >= 15 is 0 Å². The van der Waals surface area contributed by atoms with Crippen LogP contribution in [0.2, 0.25) is 0 Å². The third-order valence-electron chi connectivity index (χ3n) is 3.18. The summed E-state index contributed by atoms with van der Waals surface area (Å²) in [5.74, 6) is -1.65. The Morgan fingerprint density at radius 1 is 1.29 bits per heavy atom. The zero-order valence-corrected chi connectivity index (χ0v) is 9.82. The van der Waals surface area contributed by atoms with Crippen LogP contribution in [-0.4, -0.2) is 40.3 Å². The molecule has 98 valence electrons. The molecule has 0 aliphatic heterocycles. The van der Waals surface area contributed by atoms with Crippen molar-refractivity contribution in [2.24, 2.45) is 5.73 Å². The largest absolute Gasteiger partial charge is 0.480 e. The Labute approximate surface area is 100 Å². The van der Waals surface area contributed by atoms with Gasteiger partial charge in [0.1, 0.15) is 6.04 Å². The standard InChI is InChI=1S/C11H20N2O4/c12-11(4-2-1-3-5-11)6-9(15)13-8(7-14)10(16)17/h8,14H,1-7,12H2,(H,13,15)(H,16,17)/t8-/m0/s1. The van der Waals surface area contributed by atoms with E-state index in [1.165, 1.54) is 0 Å². The number of aliphatic carboxylic acids is 1. The van der Waals surface area contributed by atoms with Crippen molar-refractivity contribution in [2.45, 2.75) is 50.1 Å². The maximum atomic E-state index is 11.6. The minimum atomic E-state index is -1.24. The molecule has 6 nitrogen and oxygen atoms in total. The molecule has 0 aromatic carbocycles. The molecule has 17 heavy (non-hydrogen) atoms. The Balaban J connectivity index is 2.45. The van der Waals surface area contributed by atoms with Crippen molar-refractivity contribution in [2.75, 3.05) is 6.61 Å². The molecule has 1 atom stereocenters. The topological polar surface area (TPSA) is 113 Å². The summed E-state index contributed by atoms with van der Waals surface area (Å²) in [6.07, 6.45) is 4.85. The Bertz CT molecular complexity index is 287. The molecule has 6 heteroatoms. The van der Waals surface area contributed by atoms with Gasteiger partial charge < -0.3 is 21.3 Å². The normalized spacial score (nSPS) is 20.6. The number of rotatable bonds is 5. The van der Waals surface area contributed by atoms with Gasteiger partial charge in [0.2, 0.25) is 5.91 Å². The molecule has 1 saturated carbocycles. The third-order valence-corrected chi connectivity index (χ3v) is 3.18. The fourth-order valence-corrected chi connectivity index (χ4v) is 2.18. The predicted molar refractivity (Wildman–Crippen MR) is 61.3 cm³/mol. The van der Waals surface area contributed by atoms with Crippen LogP contribution in [0.5, 0.6) is 0 Å². The van der Waals surface area contributed by atoms with Crippen molar-refractivity contribution in [3.05, 3.63) is 0 Å². The van der Waals surface area contributed by atoms with Crippen molar-refractivity contribution in [3.8, 4) is 0 Å². The Hall–Kier alpha value is -1.14. The number of hydrogen-bond donors (Lipinski definition) is 4. The molecule has 0 heterocycles. The Morgan fingerprint density at radius 3 is 2.35 bits per heavy atom. The first-order valence-electron chi connectivity index (χ1n) is 5.89. The maximum Gasteiger partial charge on any atom is 0.328 e. The van der Waals surface area contributed by atoms with E-state index in [0.717, 1.165) is 32.1 Å². The summed E-state index contributed by atoms with van der Waals surface area (Å²) in [6.45, 7) is -0.612. The third kappa shape index (κ3) is 4.32. The molecule has 0 unspecified atom stereocenters. The van der Waals surface area contributed by atoms with Crippen LogP contribution < -0.4 is 11.1 Å². The van der Waals surface area contributed by atoms with Crippen molar-refractivity contribution in [1.29, 1.82) is 0 Å². The first-order valence-corrected chi connectivity index (χ1v) is 5.89. The van der Waals surface area contributed by atoms with Crippen LogP contribution in [0.25, 0.3) is 0 Å². The van der Waals surface area contributed by atoms with E-state index < -0.39 is 30.1 Å². The summed E-state index contributed by atoms with van der Waals surface area (Å²) in [4.78, 5) is 22.3. The minimum Gasteiger partial charge on any atom is -0.480 e. The number of carbonyl (C=O) groups excluding carboxylic acids is 1. The van der Waals surface area contributed by atoms with E-state index in [1.54, 1.807) is 0 Å². The Morgan fingerprint density at radius 2 is 1.88 bits per heavy atom. The van der Waals surface area contributed by atoms with E-state index in [1.807, 2.05) is 0 Å². The number of nitrogens with two attached hydrogens (primary N) is 1. The lowest BCUT2D eigenvalue weighted by atomic mass is 9.80. The fourth-order valence-electron chi connectivity index (χ4n) is 2.18. The number of aliphatic hydroxyl groups excluding tert-OH is 1. The monoisotopic (exact) mass is 244 g/mol. The van der Waals surface area contributed by atoms with E-state index in [-0.39, 0.29) is 6.42 Å². The van der Waals surface area contributed by atoms with E-state index in [9.17, 15) is 9.59 Å². The summed E-state index contributed by atoms with van der Waals surface area (Å²) in [5, 5.41) is 19.7. The number of carbonyl (C=O) groups is 2. The second-order valence-corrected chi connectivity index (χ2v) is 4.74. The lowest BCUT2D eigenvalue weighted by Gasteiger charge is -2.33. The molecule has 1 amide bonds. The molecule has 1 aliphatic rings. The van der Waals surface area contributed by atoms with Gasteiger partial charge in [-0.3, -0.25) is 4.79 Å². The van der Waals surface area contributed by atoms with Crippen LogP contribution in [-0.2, 0) is 9.59 Å². The fraction of sp³-hybridized carbons (Fsp3) is 0.818. The molecule has 5 N–H and O–H groups in total. The van der Waals surface area contributed by atoms with Crippen LogP contribution in [0, 0.1) is 0 Å². The van der Waals surface area contributed by atoms with Gasteiger partial charge in [0, 0.05) is 12.0 Å². The smallest absolute Gasteiger partial charge is 0.328 e. The molecule has 0 bridgehead atoms. The first-order chi connectivity index (χ1) is 7.97. The van der Waals surface area contributed by atoms with Crippen molar-refractivity contribution < 1.29 is 19.8 Å². The van der Waals surface area contributed by atoms with E-state index in [2.05, 4.69) is 5.32 Å². The molecule has 1 rings (SSSR count). The number of nitrogens with one attached hydrogen (secondary N) is 1. The molecule has 0 radical (unpaired) electrons. The summed E-state index contributed by atoms with van der Waals surface area (Å²) in [7, 11) is 0. The lowest BCUT2D eigenvalue weighted by molar-refractivity contribution is -0.143. The van der Waals surface area contributed by atoms with Gasteiger partial charge in [-0.25, -0.2) is 4.79 Å². The summed E-state index contributed by atoms with van der Waals surface area (Å²) in [5.41, 5.74) is 5.57. The quantitative estimate of drug-likeness (QED) is 0.525. The van der Waals surface area contributed by atoms with E-state index in [4.69, 9.17) is 15.9 Å². The zero-order valence-electron chi connectivity index (χ0n) is 9.82. The average Bonchev–Trinajstić information content (AvgIpc) is 2.25. The predicted octanol–water partition coefficient (Wildman–Crippen LogP) is -0.400. The van der Waals surface area contributed by atoms with E-state index in [0.29, 0.717) is 0 Å². The molecule has 1 fully saturated rings. The Kier molecular flexibility index (Phi) is 4.89. The van der Waals surface area contributed by atoms with Crippen LogP contribution in [0.1, 0.15) is 38.5 Å². The molecule has 0 aromatic rings. The number of aliphatic hydroxyl groups is 1. The van der Waals surface area contributed by atoms with Crippen molar-refractivity contribution >= 4 is 11.9 Å². The minimum absolute atomic E-state index is 0.122. The number of carboxylic acid groups (broad SMARTS) is 1. The SMILES string of the molecule is NC1(CC(=O)N[C@@H](CO)C(=O)O)CCCCC1. The molecular weight excluding hydrogens is 224 g/mol. The molecule has 0 spiro atoms. The molecule has 1 aliphatic carbocycles. The highest BCUT2D eigenvalue weighted by atomic mass is 16.4. The van der Waals surface area contributed by atoms with Gasteiger partial charge in [-0.2, -0.15) is 0 Å². The van der Waals surface area contributed by atoms with Gasteiger partial charge in [0.15, 0.2) is 0 Å². The summed E-state index contributed by atoms with van der Waals surface area (Å²) < 4.78 is 0. The second-order valence-electron chi connectivity index (χ2n) is 4.74. The number of amides is 1. The highest BCUT2D eigenvalue weighted by Gasteiger charge is 2.31. The maximum absolute atomic E-state index is 11.6. The van der Waals surface area contributed by atoms with Gasteiger partial charge in [0.05, 0.1) is 6.61 Å². The van der Waals surface area contributed by atoms with Crippen molar-refractivity contribution in [1.82, 2.24) is 5.32 Å². The summed E-state index contributed by atoms with van der Waals surface area (Å²) >= 11 is 0. The summed E-state index contributed by atoms with van der Waals surface area (Å²) in [6, 6.07) is -1.24. The van der Waals surface area contributed by atoms with Gasteiger partial charge in [0.25, 0.3) is 0 Å². The molecule has 0 saturated heterocycles. The van der Waals surface area contributed by atoms with Crippen LogP contribution >= 0.6 is 0 Å². The second kappa shape index (κ2) is 5.97. The zero-order chi connectivity index (χ0) is 12.9. The molecule has 0 aromatic heterocycles. The highest BCUT2D eigenvalue weighted by Crippen LogP contribution is 2.28. The van der Waals surface area contributed by atoms with Crippen LogP contribution in [0.4, 0.5) is 0 Å². The van der Waals surface area contributed by atoms with Gasteiger partial charge in [-0.1, -0.05) is 19.3 Å².